The molecule has 0 fully saturated rings. The molecule has 1 atom stereocenters. The van der Waals surface area contributed by atoms with Crippen LogP contribution in [0.5, 0.6) is 0 Å². The second kappa shape index (κ2) is 7.17. The van der Waals surface area contributed by atoms with E-state index in [-0.39, 0.29) is 5.82 Å². The van der Waals surface area contributed by atoms with Crippen LogP contribution in [0.4, 0.5) is 10.1 Å². The summed E-state index contributed by atoms with van der Waals surface area (Å²) in [5, 5.41) is 2.95. The number of hydrogen-bond acceptors (Lipinski definition) is 3. The summed E-state index contributed by atoms with van der Waals surface area (Å²) in [6.45, 7) is 2.06. The molecule has 17 heavy (non-hydrogen) atoms. The van der Waals surface area contributed by atoms with Crippen LogP contribution in [-0.4, -0.2) is 23.5 Å². The molecular formula is C12H17FN2OS. The Hall–Kier alpha value is -1.23. The lowest BCUT2D eigenvalue weighted by molar-refractivity contribution is -0.118. The fourth-order valence-electron chi connectivity index (χ4n) is 1.41. The summed E-state index contributed by atoms with van der Waals surface area (Å²) in [6, 6.07) is 5.57. The Kier molecular flexibility index (Phi) is 5.83. The Morgan fingerprint density at radius 2 is 2.35 bits per heavy atom. The average Bonchev–Trinajstić information content (AvgIpc) is 2.28. The van der Waals surface area contributed by atoms with E-state index in [1.807, 2.05) is 0 Å². The number of anilines is 1. The Morgan fingerprint density at radius 3 is 2.94 bits per heavy atom. The summed E-state index contributed by atoms with van der Waals surface area (Å²) in [7, 11) is 0. The summed E-state index contributed by atoms with van der Waals surface area (Å²) in [5.74, 6) is 1.12. The number of primary amides is 1. The molecule has 0 saturated heterocycles. The summed E-state index contributed by atoms with van der Waals surface area (Å²) in [4.78, 5) is 11.2. The zero-order chi connectivity index (χ0) is 12.7. The highest BCUT2D eigenvalue weighted by atomic mass is 32.2. The van der Waals surface area contributed by atoms with Crippen LogP contribution in [0.15, 0.2) is 24.3 Å². The molecule has 0 bridgehead atoms. The standard InChI is InChI=1S/C12H17FN2OS/c1-2-17-7-6-11(12(14)16)15-10-5-3-4-9(13)8-10/h3-5,8,11,15H,2,6-7H2,1H3,(H2,14,16). The number of carbonyl (C=O) groups is 1. The first-order valence-electron chi connectivity index (χ1n) is 5.52. The SMILES string of the molecule is CCSCCC(Nc1cccc(F)c1)C(N)=O. The van der Waals surface area contributed by atoms with Crippen LogP contribution < -0.4 is 11.1 Å². The van der Waals surface area contributed by atoms with Crippen LogP contribution in [-0.2, 0) is 4.79 Å². The van der Waals surface area contributed by atoms with Gasteiger partial charge in [0.2, 0.25) is 5.91 Å². The summed E-state index contributed by atoms with van der Waals surface area (Å²) in [6.07, 6.45) is 0.643. The first kappa shape index (κ1) is 13.8. The maximum absolute atomic E-state index is 13.0. The number of amides is 1. The van der Waals surface area contributed by atoms with Crippen LogP contribution in [0, 0.1) is 5.82 Å². The molecule has 94 valence electrons. The molecule has 0 spiro atoms. The van der Waals surface area contributed by atoms with Crippen molar-refractivity contribution in [3.05, 3.63) is 30.1 Å². The van der Waals surface area contributed by atoms with E-state index in [1.165, 1.54) is 12.1 Å². The van der Waals surface area contributed by atoms with Crippen molar-refractivity contribution in [3.63, 3.8) is 0 Å². The first-order chi connectivity index (χ1) is 8.13. The topological polar surface area (TPSA) is 55.1 Å². The highest BCUT2D eigenvalue weighted by Crippen LogP contribution is 2.13. The van der Waals surface area contributed by atoms with E-state index < -0.39 is 11.9 Å². The molecule has 0 aliphatic carbocycles. The van der Waals surface area contributed by atoms with Gasteiger partial charge in [0.25, 0.3) is 0 Å². The van der Waals surface area contributed by atoms with Crippen molar-refractivity contribution in [1.82, 2.24) is 0 Å². The minimum absolute atomic E-state index is 0.332. The molecule has 1 rings (SSSR count). The second-order valence-electron chi connectivity index (χ2n) is 3.60. The number of hydrogen-bond donors (Lipinski definition) is 2. The van der Waals surface area contributed by atoms with Crippen LogP contribution in [0.25, 0.3) is 0 Å². The average molecular weight is 256 g/mol. The normalized spacial score (nSPS) is 12.1. The van der Waals surface area contributed by atoms with Crippen LogP contribution >= 0.6 is 11.8 Å². The van der Waals surface area contributed by atoms with Gasteiger partial charge >= 0.3 is 0 Å². The minimum Gasteiger partial charge on any atom is -0.374 e. The van der Waals surface area contributed by atoms with Gasteiger partial charge in [0, 0.05) is 5.69 Å². The number of thioether (sulfide) groups is 1. The van der Waals surface area contributed by atoms with E-state index in [0.29, 0.717) is 12.1 Å². The van der Waals surface area contributed by atoms with Crippen molar-refractivity contribution < 1.29 is 9.18 Å². The number of halogens is 1. The lowest BCUT2D eigenvalue weighted by Crippen LogP contribution is -2.35. The Morgan fingerprint density at radius 1 is 1.59 bits per heavy atom. The van der Waals surface area contributed by atoms with E-state index >= 15 is 0 Å². The molecule has 0 aliphatic rings. The third-order valence-electron chi connectivity index (χ3n) is 2.26. The Balaban J connectivity index is 2.57. The maximum atomic E-state index is 13.0. The summed E-state index contributed by atoms with van der Waals surface area (Å²) in [5.41, 5.74) is 5.88. The molecule has 0 aliphatic heterocycles. The molecular weight excluding hydrogens is 239 g/mol. The third kappa shape index (κ3) is 5.08. The number of nitrogens with one attached hydrogen (secondary N) is 1. The third-order valence-corrected chi connectivity index (χ3v) is 3.20. The van der Waals surface area contributed by atoms with Crippen molar-refractivity contribution >= 4 is 23.4 Å². The van der Waals surface area contributed by atoms with Gasteiger partial charge in [0.15, 0.2) is 0 Å². The summed E-state index contributed by atoms with van der Waals surface area (Å²) >= 11 is 1.75. The highest BCUT2D eigenvalue weighted by molar-refractivity contribution is 7.99. The van der Waals surface area contributed by atoms with Gasteiger partial charge in [-0.05, 0) is 36.1 Å². The minimum atomic E-state index is -0.448. The zero-order valence-corrected chi connectivity index (χ0v) is 10.6. The van der Waals surface area contributed by atoms with Crippen molar-refractivity contribution in [2.75, 3.05) is 16.8 Å². The molecule has 1 amide bonds. The van der Waals surface area contributed by atoms with Crippen LogP contribution in [0.2, 0.25) is 0 Å². The molecule has 1 aromatic carbocycles. The van der Waals surface area contributed by atoms with E-state index in [4.69, 9.17) is 5.73 Å². The van der Waals surface area contributed by atoms with Crippen LogP contribution in [0.3, 0.4) is 0 Å². The monoisotopic (exact) mass is 256 g/mol. The fraction of sp³-hybridized carbons (Fsp3) is 0.417. The molecule has 1 aromatic rings. The largest absolute Gasteiger partial charge is 0.374 e. The number of rotatable bonds is 7. The lowest BCUT2D eigenvalue weighted by atomic mass is 10.2. The van der Waals surface area contributed by atoms with Gasteiger partial charge < -0.3 is 11.1 Å². The molecule has 0 aromatic heterocycles. The predicted molar refractivity (Wildman–Crippen MR) is 70.6 cm³/mol. The van der Waals surface area contributed by atoms with Crippen molar-refractivity contribution in [2.45, 2.75) is 19.4 Å². The number of carbonyl (C=O) groups excluding carboxylic acids is 1. The van der Waals surface area contributed by atoms with Crippen molar-refractivity contribution in [2.24, 2.45) is 5.73 Å². The van der Waals surface area contributed by atoms with Gasteiger partial charge in [-0.1, -0.05) is 13.0 Å². The van der Waals surface area contributed by atoms with E-state index in [2.05, 4.69) is 12.2 Å². The molecule has 3 N–H and O–H groups in total. The number of nitrogens with two attached hydrogens (primary N) is 1. The van der Waals surface area contributed by atoms with E-state index in [1.54, 1.807) is 23.9 Å². The van der Waals surface area contributed by atoms with E-state index in [9.17, 15) is 9.18 Å². The lowest BCUT2D eigenvalue weighted by Gasteiger charge is -2.16. The predicted octanol–water partition coefficient (Wildman–Crippen LogP) is 2.23. The molecule has 0 radical (unpaired) electrons. The quantitative estimate of drug-likeness (QED) is 0.736. The Bertz CT molecular complexity index is 373. The molecule has 0 saturated carbocycles. The fourth-order valence-corrected chi connectivity index (χ4v) is 2.10. The van der Waals surface area contributed by atoms with Crippen molar-refractivity contribution in [3.8, 4) is 0 Å². The molecule has 3 nitrogen and oxygen atoms in total. The first-order valence-corrected chi connectivity index (χ1v) is 6.68. The summed E-state index contributed by atoms with van der Waals surface area (Å²) < 4.78 is 13.0. The number of benzene rings is 1. The highest BCUT2D eigenvalue weighted by Gasteiger charge is 2.14. The second-order valence-corrected chi connectivity index (χ2v) is 4.99. The molecule has 5 heteroatoms. The van der Waals surface area contributed by atoms with Gasteiger partial charge in [-0.15, -0.1) is 0 Å². The maximum Gasteiger partial charge on any atom is 0.239 e. The van der Waals surface area contributed by atoms with Gasteiger partial charge in [-0.3, -0.25) is 4.79 Å². The van der Waals surface area contributed by atoms with Crippen molar-refractivity contribution in [1.29, 1.82) is 0 Å². The van der Waals surface area contributed by atoms with Gasteiger partial charge in [0.1, 0.15) is 11.9 Å². The smallest absolute Gasteiger partial charge is 0.239 e. The zero-order valence-electron chi connectivity index (χ0n) is 9.78. The van der Waals surface area contributed by atoms with E-state index in [0.717, 1.165) is 11.5 Å². The molecule has 1 unspecified atom stereocenters. The molecule has 0 heterocycles. The van der Waals surface area contributed by atoms with Gasteiger partial charge in [0.05, 0.1) is 0 Å². The van der Waals surface area contributed by atoms with Gasteiger partial charge in [-0.2, -0.15) is 11.8 Å². The van der Waals surface area contributed by atoms with Gasteiger partial charge in [-0.25, -0.2) is 4.39 Å². The Labute approximate surface area is 105 Å². The van der Waals surface area contributed by atoms with Crippen LogP contribution in [0.1, 0.15) is 13.3 Å².